The monoisotopic (exact) mass is 366 g/mol. The number of hydrogen-bond donors (Lipinski definition) is 1. The Morgan fingerprint density at radius 2 is 1.00 bits per heavy atom. The predicted molar refractivity (Wildman–Crippen MR) is 87.3 cm³/mol. The third kappa shape index (κ3) is 16.4. The third-order valence-corrected chi connectivity index (χ3v) is 5.64. The maximum absolute atomic E-state index is 11.7. The van der Waals surface area contributed by atoms with Crippen LogP contribution in [-0.2, 0) is 11.2 Å². The molecular weight excluding hydrogens is 331 g/mol. The average Bonchev–Trinajstić information content (AvgIpc) is 2.45. The Hall–Kier alpha value is 0.238. The zero-order valence-electron chi connectivity index (χ0n) is 14.0. The van der Waals surface area contributed by atoms with Crippen LogP contribution in [0.3, 0.4) is 0 Å². The van der Waals surface area contributed by atoms with Crippen molar-refractivity contribution in [3.05, 3.63) is 0 Å². The normalized spacial score (nSPS) is 12.0. The summed E-state index contributed by atoms with van der Waals surface area (Å²) in [5.74, 6) is 0. The number of hydrogen-bond acceptors (Lipinski definition) is 3. The van der Waals surface area contributed by atoms with Crippen molar-refractivity contribution >= 4 is 14.5 Å². The summed E-state index contributed by atoms with van der Waals surface area (Å²) in [6.07, 6.45) is 13.7. The zero-order valence-corrected chi connectivity index (χ0v) is 15.9. The Labute approximate surface area is 134 Å². The molecule has 1 N–H and O–H groups in total. The molecule has 0 amide bonds. The molecule has 0 unspecified atom stereocenters. The fourth-order valence-corrected chi connectivity index (χ4v) is 3.83. The SMILES string of the molecule is CCCCCCCCO[As](=O)(O)OCCCCCCCC. The molecule has 5 heteroatoms. The van der Waals surface area contributed by atoms with Crippen LogP contribution in [0, 0.1) is 0 Å². The van der Waals surface area contributed by atoms with Gasteiger partial charge in [-0.15, -0.1) is 0 Å². The van der Waals surface area contributed by atoms with Crippen molar-refractivity contribution in [2.75, 3.05) is 13.2 Å². The summed E-state index contributed by atoms with van der Waals surface area (Å²) in [6, 6.07) is 0. The van der Waals surface area contributed by atoms with Gasteiger partial charge in [-0.2, -0.15) is 0 Å². The first-order valence-electron chi connectivity index (χ1n) is 8.74. The Morgan fingerprint density at radius 1 is 0.667 bits per heavy atom. The Balaban J connectivity index is 3.37. The second-order valence-electron chi connectivity index (χ2n) is 5.67. The first-order chi connectivity index (χ1) is 10.1. The summed E-state index contributed by atoms with van der Waals surface area (Å²) >= 11 is -4.45. The molecule has 0 aromatic carbocycles. The summed E-state index contributed by atoms with van der Waals surface area (Å²) in [6.45, 7) is 5.06. The minimum atomic E-state index is -4.45. The molecule has 0 atom stereocenters. The van der Waals surface area contributed by atoms with Gasteiger partial charge in [-0.05, 0) is 0 Å². The first-order valence-corrected chi connectivity index (χ1v) is 11.9. The van der Waals surface area contributed by atoms with E-state index < -0.39 is 14.5 Å². The van der Waals surface area contributed by atoms with Crippen molar-refractivity contribution in [1.29, 1.82) is 0 Å². The van der Waals surface area contributed by atoms with Gasteiger partial charge in [0, 0.05) is 0 Å². The van der Waals surface area contributed by atoms with E-state index in [4.69, 9.17) is 7.45 Å². The molecule has 0 radical (unpaired) electrons. The standard InChI is InChI=1S/C16H35AsO4/c1-3-5-7-9-11-13-15-20-17(18,19)21-16-14-12-10-8-6-4-2/h3-16H2,1-2H3,(H,18,19). The fraction of sp³-hybridized carbons (Fsp3) is 1.00. The number of unbranched alkanes of at least 4 members (excludes halogenated alkanes) is 10. The second kappa shape index (κ2) is 15.1. The zero-order chi connectivity index (χ0) is 15.8. The van der Waals surface area contributed by atoms with Gasteiger partial charge >= 0.3 is 134 Å². The third-order valence-electron chi connectivity index (χ3n) is 3.50. The van der Waals surface area contributed by atoms with Crippen LogP contribution in [0.5, 0.6) is 0 Å². The fourth-order valence-electron chi connectivity index (χ4n) is 2.16. The van der Waals surface area contributed by atoms with E-state index in [1.807, 2.05) is 0 Å². The predicted octanol–water partition coefficient (Wildman–Crippen LogP) is 4.60. The topological polar surface area (TPSA) is 55.8 Å². The van der Waals surface area contributed by atoms with Crippen molar-refractivity contribution in [2.45, 2.75) is 90.9 Å². The average molecular weight is 366 g/mol. The van der Waals surface area contributed by atoms with E-state index in [9.17, 15) is 7.84 Å². The van der Waals surface area contributed by atoms with Gasteiger partial charge in [0.15, 0.2) is 0 Å². The van der Waals surface area contributed by atoms with Crippen LogP contribution in [0.2, 0.25) is 0 Å². The van der Waals surface area contributed by atoms with Crippen LogP contribution in [0.1, 0.15) is 90.9 Å². The minimum absolute atomic E-state index is 0.343. The van der Waals surface area contributed by atoms with E-state index in [-0.39, 0.29) is 0 Å². The van der Waals surface area contributed by atoms with Gasteiger partial charge in [0.25, 0.3) is 0 Å². The molecule has 128 valence electrons. The quantitative estimate of drug-likeness (QED) is 0.320. The van der Waals surface area contributed by atoms with Gasteiger partial charge in [-0.25, -0.2) is 0 Å². The van der Waals surface area contributed by atoms with Crippen molar-refractivity contribution in [3.8, 4) is 0 Å². The van der Waals surface area contributed by atoms with Gasteiger partial charge in [0.1, 0.15) is 0 Å². The molecule has 0 heterocycles. The molecule has 0 aliphatic carbocycles. The Morgan fingerprint density at radius 3 is 1.38 bits per heavy atom. The van der Waals surface area contributed by atoms with Gasteiger partial charge < -0.3 is 0 Å². The molecule has 0 aromatic rings. The molecule has 0 aliphatic heterocycles. The summed E-state index contributed by atoms with van der Waals surface area (Å²) in [5.41, 5.74) is 0. The molecule has 0 aromatic heterocycles. The van der Waals surface area contributed by atoms with E-state index in [1.54, 1.807) is 0 Å². The van der Waals surface area contributed by atoms with Crippen LogP contribution in [0.25, 0.3) is 0 Å². The molecule has 0 aliphatic rings. The summed E-state index contributed by atoms with van der Waals surface area (Å²) < 4.78 is 31.3. The van der Waals surface area contributed by atoms with E-state index in [0.29, 0.717) is 13.2 Å². The Bertz CT molecular complexity index is 237. The van der Waals surface area contributed by atoms with Crippen LogP contribution < -0.4 is 0 Å². The van der Waals surface area contributed by atoms with Gasteiger partial charge in [-0.1, -0.05) is 0 Å². The first kappa shape index (κ1) is 21.2. The molecule has 0 spiro atoms. The molecule has 21 heavy (non-hydrogen) atoms. The van der Waals surface area contributed by atoms with E-state index >= 15 is 0 Å². The van der Waals surface area contributed by atoms with Crippen LogP contribution >= 0.6 is 0 Å². The molecule has 0 rings (SSSR count). The van der Waals surface area contributed by atoms with Crippen LogP contribution in [0.4, 0.5) is 0 Å². The van der Waals surface area contributed by atoms with E-state index in [1.165, 1.54) is 51.4 Å². The Kier molecular flexibility index (Phi) is 15.3. The number of rotatable bonds is 16. The molecule has 0 saturated carbocycles. The van der Waals surface area contributed by atoms with Crippen LogP contribution in [0.15, 0.2) is 0 Å². The molecular formula is C16H35AsO4. The molecule has 0 fully saturated rings. The van der Waals surface area contributed by atoms with Gasteiger partial charge in [0.05, 0.1) is 0 Å². The van der Waals surface area contributed by atoms with Crippen molar-refractivity contribution < 1.29 is 15.3 Å². The molecule has 0 saturated heterocycles. The molecule has 4 nitrogen and oxygen atoms in total. The van der Waals surface area contributed by atoms with E-state index in [2.05, 4.69) is 13.8 Å². The van der Waals surface area contributed by atoms with Crippen molar-refractivity contribution in [1.82, 2.24) is 0 Å². The summed E-state index contributed by atoms with van der Waals surface area (Å²) in [4.78, 5) is 0. The summed E-state index contributed by atoms with van der Waals surface area (Å²) in [5, 5.41) is 0. The van der Waals surface area contributed by atoms with Crippen molar-refractivity contribution in [3.63, 3.8) is 0 Å². The van der Waals surface area contributed by atoms with Gasteiger partial charge in [-0.3, -0.25) is 0 Å². The summed E-state index contributed by atoms with van der Waals surface area (Å²) in [7, 11) is 0. The van der Waals surface area contributed by atoms with E-state index in [0.717, 1.165) is 25.7 Å². The molecule has 0 bridgehead atoms. The van der Waals surface area contributed by atoms with Crippen LogP contribution in [-0.4, -0.2) is 31.8 Å². The van der Waals surface area contributed by atoms with Gasteiger partial charge in [0.2, 0.25) is 0 Å². The maximum atomic E-state index is 11.7. The second-order valence-corrected chi connectivity index (χ2v) is 8.72. The van der Waals surface area contributed by atoms with Crippen molar-refractivity contribution in [2.24, 2.45) is 0 Å².